The molecule has 26 nitrogen and oxygen atoms in total. The van der Waals surface area contributed by atoms with Crippen LogP contribution >= 0.6 is 0 Å². The highest BCUT2D eigenvalue weighted by molar-refractivity contribution is 7.86. The van der Waals surface area contributed by atoms with Crippen molar-refractivity contribution in [2.45, 2.75) is 40.4 Å². The predicted molar refractivity (Wildman–Crippen MR) is 336 cm³/mol. The minimum absolute atomic E-state index is 0.0833. The maximum absolute atomic E-state index is 11.6. The quantitative estimate of drug-likeness (QED) is 0.0447. The van der Waals surface area contributed by atoms with E-state index in [2.05, 4.69) is 125 Å². The number of hydrogen-bond donors (Lipinski definition) is 12. The largest absolute Gasteiger partial charge is 0.744 e. The zero-order valence-electron chi connectivity index (χ0n) is 48.7. The number of guanidine groups is 4. The van der Waals surface area contributed by atoms with Gasteiger partial charge in [-0.1, -0.05) is 156 Å². The van der Waals surface area contributed by atoms with Gasteiger partial charge in [0.1, 0.15) is 40.5 Å². The van der Waals surface area contributed by atoms with Gasteiger partial charge in [-0.15, -0.1) is 0 Å². The third-order valence-electron chi connectivity index (χ3n) is 10.5. The second kappa shape index (κ2) is 38.5. The highest BCUT2D eigenvalue weighted by Crippen LogP contribution is 2.43. The maximum Gasteiger partial charge on any atom is 0.336 e. The van der Waals surface area contributed by atoms with Gasteiger partial charge < -0.3 is 27.7 Å². The molecule has 1 aliphatic heterocycles. The van der Waals surface area contributed by atoms with Crippen LogP contribution in [-0.2, 0) is 49.9 Å². The van der Waals surface area contributed by atoms with E-state index < -0.39 is 60.1 Å². The Morgan fingerprint density at radius 2 is 0.449 bits per heavy atom. The van der Waals surface area contributed by atoms with Gasteiger partial charge in [0.15, 0.2) is 0 Å². The average molecular weight is 1300 g/mol. The average Bonchev–Trinajstić information content (AvgIpc) is 0.806. The molecule has 30 heteroatoms. The highest BCUT2D eigenvalue weighted by Gasteiger charge is 2.18. The van der Waals surface area contributed by atoms with Crippen LogP contribution < -0.4 is 67.5 Å². The Morgan fingerprint density at radius 3 is 0.551 bits per heavy atom. The molecule has 9 rings (SSSR count). The van der Waals surface area contributed by atoms with E-state index in [1.807, 2.05) is 54.6 Å². The summed E-state index contributed by atoms with van der Waals surface area (Å²) in [6.07, 6.45) is 0. The Hall–Kier alpha value is -9.60. The smallest absolute Gasteiger partial charge is 0.336 e. The number of ether oxygens (including phenoxy) is 2. The normalized spacial score (nSPS) is 11.3. The van der Waals surface area contributed by atoms with Gasteiger partial charge in [0.25, 0.3) is 0 Å². The summed E-state index contributed by atoms with van der Waals surface area (Å²) in [5.41, 5.74) is 43.8. The first-order valence-corrected chi connectivity index (χ1v) is 31.2. The summed E-state index contributed by atoms with van der Waals surface area (Å²) in [5.74, 6) is -0.333. The van der Waals surface area contributed by atoms with Crippen LogP contribution in [0.5, 0.6) is 0 Å². The molecule has 0 atom stereocenters. The number of rotatable bonds is 8. The van der Waals surface area contributed by atoms with Crippen LogP contribution in [0.25, 0.3) is 44.5 Å². The van der Waals surface area contributed by atoms with Crippen molar-refractivity contribution in [1.82, 2.24) is 0 Å². The van der Waals surface area contributed by atoms with E-state index >= 15 is 0 Å². The molecule has 0 unspecified atom stereocenters. The van der Waals surface area contributed by atoms with Crippen LogP contribution in [0.3, 0.4) is 0 Å². The number of benzene rings is 8. The number of aryl methyl sites for hydroxylation is 3. The van der Waals surface area contributed by atoms with Crippen LogP contribution in [0.4, 0.5) is 0 Å². The van der Waals surface area contributed by atoms with E-state index in [1.54, 1.807) is 12.1 Å². The van der Waals surface area contributed by atoms with Gasteiger partial charge in [0.2, 0.25) is 0 Å². The molecule has 0 aromatic heterocycles. The van der Waals surface area contributed by atoms with Gasteiger partial charge in [-0.25, -0.2) is 33.7 Å². The van der Waals surface area contributed by atoms with Crippen molar-refractivity contribution in [1.29, 1.82) is 0 Å². The summed E-state index contributed by atoms with van der Waals surface area (Å²) in [5, 5.41) is 18.3. The molecule has 89 heavy (non-hydrogen) atoms. The molecule has 1 aliphatic rings. The SMILES string of the molecule is C1COCCO1.Cc1ccccc1.Cc1ccccc1.Cc1ccccc1.NC(N)=[NH2+].NC(N)=[NH2+].NC(N)=[NH2+].NC(N)=[NH2+].O=S(=O)([O-])c1ccc(-c2cc(-c3ccc(S(=O)(=O)[O-])cc3)c(-c3ccc(S(=O)(=O)[O-])cc3)cc2-c2ccc(S(=O)(=O)[O-])cc2)cc1. The summed E-state index contributed by atoms with van der Waals surface area (Å²) < 4.78 is 149. The van der Waals surface area contributed by atoms with Crippen molar-refractivity contribution >= 4 is 64.3 Å². The molecule has 478 valence electrons. The Balaban J connectivity index is 0.000000726. The molecule has 24 N–H and O–H groups in total. The van der Waals surface area contributed by atoms with Gasteiger partial charge in [-0.3, -0.25) is 67.5 Å². The molecule has 0 amide bonds. The highest BCUT2D eigenvalue weighted by atomic mass is 32.2. The van der Waals surface area contributed by atoms with Gasteiger partial charge in [0, 0.05) is 0 Å². The van der Waals surface area contributed by atoms with Gasteiger partial charge >= 0.3 is 23.8 Å². The standard InChI is InChI=1S/C30H22O12S4.3C7H8.C4H8O2.4CH5N3/c31-43(32,33)23-9-1-19(2-10-23)27-17-29(21-5-13-25(14-6-21)45(37,38)39)30(22-7-15-26(16-8-22)46(40,41)42)18-28(27)20-3-11-24(12-4-20)44(34,35)36;3*1-7-5-3-2-4-6-7;1-2-6-4-3-5-1;4*2-1(3)4/h1-18H,(H,31,32,33)(H,34,35,36)(H,37,38,39)(H,40,41,42);3*2-6H,1H3;1-4H2;4*(H5,2,3,4). The summed E-state index contributed by atoms with van der Waals surface area (Å²) in [4.78, 5) is -1.99. The van der Waals surface area contributed by atoms with E-state index in [4.69, 9.17) is 9.47 Å². The molecule has 0 spiro atoms. The number of hydrogen-bond acceptors (Lipinski definition) is 14. The Morgan fingerprint density at radius 1 is 0.303 bits per heavy atom. The van der Waals surface area contributed by atoms with Crippen molar-refractivity contribution in [2.75, 3.05) is 26.4 Å². The monoisotopic (exact) mass is 1300 g/mol. The molecular weight excluding hydrogens is 1230 g/mol. The van der Waals surface area contributed by atoms with E-state index in [0.29, 0.717) is 44.5 Å². The Bertz CT molecular complexity index is 3440. The van der Waals surface area contributed by atoms with Crippen molar-refractivity contribution < 1.29 is 83.0 Å². The van der Waals surface area contributed by atoms with Gasteiger partial charge in [0.05, 0.1) is 46.0 Å². The van der Waals surface area contributed by atoms with Crippen LogP contribution in [-0.4, -0.2) is 102 Å². The second-order valence-electron chi connectivity index (χ2n) is 18.0. The summed E-state index contributed by atoms with van der Waals surface area (Å²) >= 11 is 0. The van der Waals surface area contributed by atoms with Gasteiger partial charge in [-0.2, -0.15) is 0 Å². The van der Waals surface area contributed by atoms with Gasteiger partial charge in [-0.05, 0) is 126 Å². The topological polar surface area (TPSA) is 558 Å². The zero-order chi connectivity index (χ0) is 67.5. The van der Waals surface area contributed by atoms with Crippen molar-refractivity contribution in [3.63, 3.8) is 0 Å². The summed E-state index contributed by atoms with van der Waals surface area (Å²) in [6, 6.07) is 53.7. The lowest BCUT2D eigenvalue weighted by Gasteiger charge is -2.20. The first-order valence-electron chi connectivity index (χ1n) is 25.6. The van der Waals surface area contributed by atoms with Crippen LogP contribution in [0.1, 0.15) is 16.7 Å². The molecule has 8 aromatic carbocycles. The van der Waals surface area contributed by atoms with E-state index in [9.17, 15) is 51.9 Å². The van der Waals surface area contributed by atoms with Crippen molar-refractivity contribution in [3.8, 4) is 44.5 Å². The lowest BCUT2D eigenvalue weighted by atomic mass is 9.85. The minimum atomic E-state index is -4.78. The van der Waals surface area contributed by atoms with Crippen LogP contribution in [0, 0.1) is 20.8 Å². The summed E-state index contributed by atoms with van der Waals surface area (Å²) in [7, 11) is -19.1. The zero-order valence-corrected chi connectivity index (χ0v) is 51.9. The van der Waals surface area contributed by atoms with E-state index in [1.165, 1.54) is 65.2 Å². The molecule has 1 heterocycles. The summed E-state index contributed by atoms with van der Waals surface area (Å²) in [6.45, 7) is 9.36. The third kappa shape index (κ3) is 33.8. The second-order valence-corrected chi connectivity index (χ2v) is 23.6. The van der Waals surface area contributed by atoms with Crippen LogP contribution in [0.15, 0.2) is 220 Å². The fraction of sp³-hybridized carbons (Fsp3) is 0.119. The molecule has 1 saturated heterocycles. The Labute approximate surface area is 518 Å². The minimum Gasteiger partial charge on any atom is -0.744 e. The predicted octanol–water partition coefficient (Wildman–Crippen LogP) is -1.94. The Kier molecular flexibility index (Phi) is 33.5. The fourth-order valence-electron chi connectivity index (χ4n) is 6.80. The molecule has 0 radical (unpaired) electrons. The van der Waals surface area contributed by atoms with Crippen molar-refractivity contribution in [2.24, 2.45) is 45.9 Å². The molecular formula is C59H74N12O14S4. The molecule has 1 fully saturated rings. The third-order valence-corrected chi connectivity index (χ3v) is 13.9. The first-order chi connectivity index (χ1) is 41.4. The maximum atomic E-state index is 11.6. The van der Waals surface area contributed by atoms with Crippen LogP contribution in [0.2, 0.25) is 0 Å². The van der Waals surface area contributed by atoms with E-state index in [-0.39, 0.29) is 23.8 Å². The first kappa shape index (κ1) is 77.4. The lowest BCUT2D eigenvalue weighted by molar-refractivity contribution is -0.117. The molecule has 0 aliphatic carbocycles. The van der Waals surface area contributed by atoms with E-state index in [0.717, 1.165) is 75.0 Å². The fourth-order valence-corrected chi connectivity index (χ4v) is 8.68. The molecule has 0 bridgehead atoms. The lowest BCUT2D eigenvalue weighted by Crippen LogP contribution is -2.51. The van der Waals surface area contributed by atoms with Crippen molar-refractivity contribution in [3.05, 3.63) is 217 Å². The molecule has 8 aromatic rings. The molecule has 0 saturated carbocycles. The number of nitrogens with two attached hydrogens (primary N) is 12.